The first kappa shape index (κ1) is 15.7. The van der Waals surface area contributed by atoms with Crippen LogP contribution in [0, 0.1) is 0 Å². The van der Waals surface area contributed by atoms with Gasteiger partial charge in [-0.2, -0.15) is 0 Å². The largest absolute Gasteiger partial charge is 0.349 e. The SMILES string of the molecule is C=CCNC(=O)c1ccccc1NC(=O)C=Cc1cccs1. The number of carbonyl (C=O) groups excluding carboxylic acids is 2. The molecule has 2 aromatic rings. The molecule has 2 rings (SSSR count). The van der Waals surface area contributed by atoms with E-state index in [1.165, 1.54) is 6.08 Å². The van der Waals surface area contributed by atoms with E-state index in [1.807, 2.05) is 17.5 Å². The van der Waals surface area contributed by atoms with Crippen LogP contribution in [0.5, 0.6) is 0 Å². The zero-order chi connectivity index (χ0) is 15.8. The molecule has 5 heteroatoms. The second-order valence-corrected chi connectivity index (χ2v) is 5.36. The molecule has 22 heavy (non-hydrogen) atoms. The molecule has 0 bridgehead atoms. The number of benzene rings is 1. The Bertz CT molecular complexity index is 690. The van der Waals surface area contributed by atoms with Crippen molar-refractivity contribution in [1.82, 2.24) is 5.32 Å². The van der Waals surface area contributed by atoms with Crippen LogP contribution in [0.2, 0.25) is 0 Å². The van der Waals surface area contributed by atoms with Gasteiger partial charge in [0.15, 0.2) is 0 Å². The molecule has 4 nitrogen and oxygen atoms in total. The summed E-state index contributed by atoms with van der Waals surface area (Å²) in [5, 5.41) is 7.36. The highest BCUT2D eigenvalue weighted by Crippen LogP contribution is 2.15. The fraction of sp³-hybridized carbons (Fsp3) is 0.0588. The molecule has 0 atom stereocenters. The number of nitrogens with one attached hydrogen (secondary N) is 2. The zero-order valence-corrected chi connectivity index (χ0v) is 12.7. The van der Waals surface area contributed by atoms with Gasteiger partial charge in [-0.05, 0) is 29.7 Å². The van der Waals surface area contributed by atoms with E-state index in [1.54, 1.807) is 47.8 Å². The third kappa shape index (κ3) is 4.43. The third-order valence-electron chi connectivity index (χ3n) is 2.78. The lowest BCUT2D eigenvalue weighted by atomic mass is 10.1. The lowest BCUT2D eigenvalue weighted by Crippen LogP contribution is -2.24. The average Bonchev–Trinajstić information content (AvgIpc) is 3.04. The molecule has 0 aliphatic rings. The van der Waals surface area contributed by atoms with E-state index in [0.717, 1.165) is 4.88 Å². The van der Waals surface area contributed by atoms with Crippen molar-refractivity contribution >= 4 is 34.9 Å². The second kappa shape index (κ2) is 7.95. The van der Waals surface area contributed by atoms with Gasteiger partial charge in [0.2, 0.25) is 5.91 Å². The third-order valence-corrected chi connectivity index (χ3v) is 3.62. The Morgan fingerprint density at radius 2 is 2.00 bits per heavy atom. The van der Waals surface area contributed by atoms with Gasteiger partial charge in [-0.15, -0.1) is 17.9 Å². The normalized spacial score (nSPS) is 10.4. The molecule has 1 aromatic heterocycles. The number of rotatable bonds is 6. The van der Waals surface area contributed by atoms with E-state index in [2.05, 4.69) is 17.2 Å². The summed E-state index contributed by atoms with van der Waals surface area (Å²) in [7, 11) is 0. The monoisotopic (exact) mass is 312 g/mol. The molecular formula is C17H16N2O2S. The van der Waals surface area contributed by atoms with Gasteiger partial charge in [0.25, 0.3) is 5.91 Å². The van der Waals surface area contributed by atoms with Gasteiger partial charge in [-0.1, -0.05) is 24.3 Å². The maximum atomic E-state index is 12.0. The molecular weight excluding hydrogens is 296 g/mol. The Morgan fingerprint density at radius 3 is 2.73 bits per heavy atom. The highest BCUT2D eigenvalue weighted by molar-refractivity contribution is 7.10. The topological polar surface area (TPSA) is 58.2 Å². The fourth-order valence-corrected chi connectivity index (χ4v) is 2.39. The number of hydrogen-bond acceptors (Lipinski definition) is 3. The molecule has 1 heterocycles. The number of thiophene rings is 1. The molecule has 0 spiro atoms. The van der Waals surface area contributed by atoms with Gasteiger partial charge in [-0.3, -0.25) is 9.59 Å². The molecule has 0 saturated carbocycles. The minimum Gasteiger partial charge on any atom is -0.349 e. The number of para-hydroxylation sites is 1. The van der Waals surface area contributed by atoms with Gasteiger partial charge in [0.1, 0.15) is 0 Å². The van der Waals surface area contributed by atoms with E-state index >= 15 is 0 Å². The van der Waals surface area contributed by atoms with E-state index in [0.29, 0.717) is 17.8 Å². The summed E-state index contributed by atoms with van der Waals surface area (Å²) in [6.45, 7) is 3.93. The van der Waals surface area contributed by atoms with Gasteiger partial charge in [-0.25, -0.2) is 0 Å². The van der Waals surface area contributed by atoms with Gasteiger partial charge in [0.05, 0.1) is 11.3 Å². The second-order valence-electron chi connectivity index (χ2n) is 4.38. The summed E-state index contributed by atoms with van der Waals surface area (Å²) in [4.78, 5) is 25.0. The lowest BCUT2D eigenvalue weighted by molar-refractivity contribution is -0.111. The summed E-state index contributed by atoms with van der Waals surface area (Å²) in [6, 6.07) is 10.7. The van der Waals surface area contributed by atoms with Crippen LogP contribution in [0.1, 0.15) is 15.2 Å². The first-order valence-corrected chi connectivity index (χ1v) is 7.59. The van der Waals surface area contributed by atoms with E-state index < -0.39 is 0 Å². The standard InChI is InChI=1S/C17H16N2O2S/c1-2-11-18-17(21)14-7-3-4-8-15(14)19-16(20)10-9-13-6-5-12-22-13/h2-10,12H,1,11H2,(H,18,21)(H,19,20). The molecule has 2 N–H and O–H groups in total. The number of anilines is 1. The van der Waals surface area contributed by atoms with Gasteiger partial charge >= 0.3 is 0 Å². The fourth-order valence-electron chi connectivity index (χ4n) is 1.77. The summed E-state index contributed by atoms with van der Waals surface area (Å²) in [5.74, 6) is -0.532. The average molecular weight is 312 g/mol. The highest BCUT2D eigenvalue weighted by Gasteiger charge is 2.11. The Hall–Kier alpha value is -2.66. The van der Waals surface area contributed by atoms with Crippen LogP contribution in [0.25, 0.3) is 6.08 Å². The predicted octanol–water partition coefficient (Wildman–Crippen LogP) is 3.32. The van der Waals surface area contributed by atoms with Crippen molar-refractivity contribution in [3.63, 3.8) is 0 Å². The van der Waals surface area contributed by atoms with Crippen LogP contribution in [0.15, 0.2) is 60.5 Å². The molecule has 2 amide bonds. The summed E-state index contributed by atoms with van der Waals surface area (Å²) in [5.41, 5.74) is 0.895. The van der Waals surface area contributed by atoms with Crippen LogP contribution >= 0.6 is 11.3 Å². The van der Waals surface area contributed by atoms with Crippen LogP contribution in [0.3, 0.4) is 0 Å². The minimum atomic E-state index is -0.280. The summed E-state index contributed by atoms with van der Waals surface area (Å²) < 4.78 is 0. The number of carbonyl (C=O) groups is 2. The van der Waals surface area contributed by atoms with Crippen LogP contribution in [0.4, 0.5) is 5.69 Å². The maximum Gasteiger partial charge on any atom is 0.253 e. The lowest BCUT2D eigenvalue weighted by Gasteiger charge is -2.09. The maximum absolute atomic E-state index is 12.0. The summed E-state index contributed by atoms with van der Waals surface area (Å²) in [6.07, 6.45) is 4.79. The Morgan fingerprint density at radius 1 is 1.18 bits per heavy atom. The predicted molar refractivity (Wildman–Crippen MR) is 91.0 cm³/mol. The molecule has 112 valence electrons. The van der Waals surface area contributed by atoms with E-state index in [4.69, 9.17) is 0 Å². The van der Waals surface area contributed by atoms with E-state index in [9.17, 15) is 9.59 Å². The quantitative estimate of drug-likeness (QED) is 0.635. The van der Waals surface area contributed by atoms with Crippen molar-refractivity contribution in [3.8, 4) is 0 Å². The van der Waals surface area contributed by atoms with Crippen molar-refractivity contribution in [3.05, 3.63) is 70.9 Å². The van der Waals surface area contributed by atoms with Crippen molar-refractivity contribution in [2.45, 2.75) is 0 Å². The van der Waals surface area contributed by atoms with Crippen LogP contribution < -0.4 is 10.6 Å². The Labute approximate surface area is 133 Å². The smallest absolute Gasteiger partial charge is 0.253 e. The first-order valence-electron chi connectivity index (χ1n) is 6.71. The minimum absolute atomic E-state index is 0.252. The molecule has 0 unspecified atom stereocenters. The number of hydrogen-bond donors (Lipinski definition) is 2. The molecule has 0 fully saturated rings. The van der Waals surface area contributed by atoms with Crippen molar-refractivity contribution in [2.24, 2.45) is 0 Å². The molecule has 1 aromatic carbocycles. The van der Waals surface area contributed by atoms with Gasteiger partial charge < -0.3 is 10.6 Å². The van der Waals surface area contributed by atoms with Crippen molar-refractivity contribution in [1.29, 1.82) is 0 Å². The number of amides is 2. The van der Waals surface area contributed by atoms with Crippen LogP contribution in [-0.4, -0.2) is 18.4 Å². The highest BCUT2D eigenvalue weighted by atomic mass is 32.1. The molecule has 0 aliphatic heterocycles. The van der Waals surface area contributed by atoms with Crippen LogP contribution in [-0.2, 0) is 4.79 Å². The molecule has 0 aliphatic carbocycles. The summed E-state index contributed by atoms with van der Waals surface area (Å²) >= 11 is 1.55. The molecule has 0 saturated heterocycles. The van der Waals surface area contributed by atoms with E-state index in [-0.39, 0.29) is 11.8 Å². The Kier molecular flexibility index (Phi) is 5.68. The van der Waals surface area contributed by atoms with Gasteiger partial charge in [0, 0.05) is 17.5 Å². The Balaban J connectivity index is 2.07. The zero-order valence-electron chi connectivity index (χ0n) is 11.9. The first-order chi connectivity index (χ1) is 10.7. The van der Waals surface area contributed by atoms with Crippen molar-refractivity contribution < 1.29 is 9.59 Å². The van der Waals surface area contributed by atoms with Crippen molar-refractivity contribution in [2.75, 3.05) is 11.9 Å². The molecule has 0 radical (unpaired) electrons.